The molecule has 0 atom stereocenters. The highest BCUT2D eigenvalue weighted by Crippen LogP contribution is 2.33. The molecule has 5 nitrogen and oxygen atoms in total. The molecule has 5 rings (SSSR count). The maximum Gasteiger partial charge on any atom is 0.231 e. The molecule has 0 saturated heterocycles. The van der Waals surface area contributed by atoms with E-state index in [0.717, 1.165) is 45.0 Å². The minimum Gasteiger partial charge on any atom is -0.436 e. The van der Waals surface area contributed by atoms with Crippen molar-refractivity contribution in [1.29, 1.82) is 0 Å². The predicted molar refractivity (Wildman–Crippen MR) is 116 cm³/mol. The molecule has 2 N–H and O–H groups in total. The minimum atomic E-state index is 0.548. The molecule has 3 aromatic heterocycles. The van der Waals surface area contributed by atoms with Crippen molar-refractivity contribution < 1.29 is 4.42 Å². The van der Waals surface area contributed by atoms with E-state index >= 15 is 0 Å². The van der Waals surface area contributed by atoms with Gasteiger partial charge in [0.1, 0.15) is 11.3 Å². The quantitative estimate of drug-likeness (QED) is 0.417. The molecule has 3 heterocycles. The molecule has 0 bridgehead atoms. The molecule has 142 valence electrons. The van der Waals surface area contributed by atoms with E-state index in [1.54, 1.807) is 0 Å². The fourth-order valence-corrected chi connectivity index (χ4v) is 3.66. The number of hydrogen-bond acceptors (Lipinski definition) is 4. The zero-order valence-corrected chi connectivity index (χ0v) is 16.3. The molecule has 2 aromatic carbocycles. The molecule has 0 unspecified atom stereocenters. The summed E-state index contributed by atoms with van der Waals surface area (Å²) in [7, 11) is 0. The summed E-state index contributed by atoms with van der Waals surface area (Å²) in [5, 5.41) is 0. The van der Waals surface area contributed by atoms with Gasteiger partial charge in [0.15, 0.2) is 5.58 Å². The lowest BCUT2D eigenvalue weighted by Gasteiger charge is -2.13. The van der Waals surface area contributed by atoms with Gasteiger partial charge in [0, 0.05) is 28.8 Å². The van der Waals surface area contributed by atoms with Gasteiger partial charge < -0.3 is 14.7 Å². The Morgan fingerprint density at radius 2 is 1.66 bits per heavy atom. The van der Waals surface area contributed by atoms with E-state index in [4.69, 9.17) is 20.1 Å². The van der Waals surface area contributed by atoms with Crippen LogP contribution in [0.25, 0.3) is 39.5 Å². The standard InChI is InChI=1S/C24H20N4O/c1-15-10-11-16(2)28(15)23-20(24-27-21-8-3-4-9-22(21)29-24)13-18(14-26-23)17-6-5-7-19(25)12-17/h3-14H,25H2,1-2H3. The molecule has 0 aliphatic carbocycles. The van der Waals surface area contributed by atoms with Crippen molar-refractivity contribution in [3.05, 3.63) is 84.3 Å². The summed E-state index contributed by atoms with van der Waals surface area (Å²) in [5.41, 5.74) is 13.3. The van der Waals surface area contributed by atoms with Crippen LogP contribution in [0, 0.1) is 13.8 Å². The zero-order chi connectivity index (χ0) is 20.0. The Labute approximate surface area is 168 Å². The number of aryl methyl sites for hydroxylation is 2. The highest BCUT2D eigenvalue weighted by molar-refractivity contribution is 5.80. The number of nitrogens with zero attached hydrogens (tertiary/aromatic N) is 3. The van der Waals surface area contributed by atoms with Crippen LogP contribution in [-0.4, -0.2) is 14.5 Å². The number of nitrogens with two attached hydrogens (primary N) is 1. The number of rotatable bonds is 3. The van der Waals surface area contributed by atoms with E-state index < -0.39 is 0 Å². The number of oxazole rings is 1. The van der Waals surface area contributed by atoms with Crippen molar-refractivity contribution in [2.75, 3.05) is 5.73 Å². The summed E-state index contributed by atoms with van der Waals surface area (Å²) >= 11 is 0. The van der Waals surface area contributed by atoms with Gasteiger partial charge in [0.05, 0.1) is 5.56 Å². The van der Waals surface area contributed by atoms with E-state index in [9.17, 15) is 0 Å². The van der Waals surface area contributed by atoms with E-state index in [-0.39, 0.29) is 0 Å². The third kappa shape index (κ3) is 2.97. The lowest BCUT2D eigenvalue weighted by atomic mass is 10.0. The fraction of sp³-hybridized carbons (Fsp3) is 0.0833. The van der Waals surface area contributed by atoms with Gasteiger partial charge in [-0.15, -0.1) is 0 Å². The Bertz CT molecular complexity index is 1290. The smallest absolute Gasteiger partial charge is 0.231 e. The molecule has 0 aliphatic rings. The lowest BCUT2D eigenvalue weighted by molar-refractivity contribution is 0.618. The number of pyridine rings is 1. The first-order valence-electron chi connectivity index (χ1n) is 9.47. The summed E-state index contributed by atoms with van der Waals surface area (Å²) in [6, 6.07) is 21.8. The van der Waals surface area contributed by atoms with Gasteiger partial charge in [-0.1, -0.05) is 24.3 Å². The summed E-state index contributed by atoms with van der Waals surface area (Å²) in [6.07, 6.45) is 1.87. The third-order valence-corrected chi connectivity index (χ3v) is 5.09. The fourth-order valence-electron chi connectivity index (χ4n) is 3.66. The second-order valence-corrected chi connectivity index (χ2v) is 7.16. The van der Waals surface area contributed by atoms with Gasteiger partial charge in [0.25, 0.3) is 0 Å². The van der Waals surface area contributed by atoms with E-state index in [1.165, 1.54) is 0 Å². The van der Waals surface area contributed by atoms with Crippen LogP contribution < -0.4 is 5.73 Å². The summed E-state index contributed by atoms with van der Waals surface area (Å²) < 4.78 is 8.22. The van der Waals surface area contributed by atoms with Crippen LogP contribution in [0.1, 0.15) is 11.4 Å². The normalized spacial score (nSPS) is 11.2. The van der Waals surface area contributed by atoms with Crippen molar-refractivity contribution >= 4 is 16.8 Å². The number of benzene rings is 2. The monoisotopic (exact) mass is 380 g/mol. The molecule has 0 fully saturated rings. The van der Waals surface area contributed by atoms with Gasteiger partial charge in [-0.3, -0.25) is 0 Å². The maximum atomic E-state index is 6.10. The summed E-state index contributed by atoms with van der Waals surface area (Å²) in [6.45, 7) is 4.13. The third-order valence-electron chi connectivity index (χ3n) is 5.09. The van der Waals surface area contributed by atoms with Crippen molar-refractivity contribution in [3.8, 4) is 28.4 Å². The predicted octanol–water partition coefficient (Wildman–Crippen LogP) is 5.55. The van der Waals surface area contributed by atoms with E-state index in [2.05, 4.69) is 36.6 Å². The molecule has 0 radical (unpaired) electrons. The number of aromatic nitrogens is 3. The Morgan fingerprint density at radius 3 is 2.41 bits per heavy atom. The first-order valence-corrected chi connectivity index (χ1v) is 9.47. The Morgan fingerprint density at radius 1 is 0.862 bits per heavy atom. The average Bonchev–Trinajstić information content (AvgIpc) is 3.30. The number of para-hydroxylation sites is 2. The molecule has 0 saturated carbocycles. The highest BCUT2D eigenvalue weighted by Gasteiger charge is 2.18. The van der Waals surface area contributed by atoms with Crippen LogP contribution in [0.15, 0.2) is 77.3 Å². The van der Waals surface area contributed by atoms with Crippen LogP contribution in [-0.2, 0) is 0 Å². The molecule has 0 aliphatic heterocycles. The topological polar surface area (TPSA) is 69.9 Å². The zero-order valence-electron chi connectivity index (χ0n) is 16.3. The molecule has 5 heteroatoms. The van der Waals surface area contributed by atoms with Crippen LogP contribution in [0.3, 0.4) is 0 Å². The lowest BCUT2D eigenvalue weighted by Crippen LogP contribution is -2.04. The van der Waals surface area contributed by atoms with Crippen molar-refractivity contribution in [2.24, 2.45) is 0 Å². The van der Waals surface area contributed by atoms with Gasteiger partial charge in [-0.2, -0.15) is 0 Å². The minimum absolute atomic E-state index is 0.548. The number of hydrogen-bond donors (Lipinski definition) is 1. The first-order chi connectivity index (χ1) is 14.1. The molecule has 0 spiro atoms. The second-order valence-electron chi connectivity index (χ2n) is 7.16. The largest absolute Gasteiger partial charge is 0.436 e. The number of nitrogen functional groups attached to an aromatic ring is 1. The van der Waals surface area contributed by atoms with Crippen molar-refractivity contribution in [1.82, 2.24) is 14.5 Å². The van der Waals surface area contributed by atoms with E-state index in [1.807, 2.05) is 54.7 Å². The molecular formula is C24H20N4O. The van der Waals surface area contributed by atoms with Crippen LogP contribution >= 0.6 is 0 Å². The van der Waals surface area contributed by atoms with E-state index in [0.29, 0.717) is 11.6 Å². The van der Waals surface area contributed by atoms with Crippen molar-refractivity contribution in [2.45, 2.75) is 13.8 Å². The second kappa shape index (κ2) is 6.63. The number of anilines is 1. The molecule has 5 aromatic rings. The van der Waals surface area contributed by atoms with Gasteiger partial charge in [-0.05, 0) is 61.9 Å². The average molecular weight is 380 g/mol. The van der Waals surface area contributed by atoms with Gasteiger partial charge >= 0.3 is 0 Å². The van der Waals surface area contributed by atoms with Crippen LogP contribution in [0.5, 0.6) is 0 Å². The SMILES string of the molecule is Cc1ccc(C)n1-c1ncc(-c2cccc(N)c2)cc1-c1nc2ccccc2o1. The maximum absolute atomic E-state index is 6.10. The Kier molecular flexibility index (Phi) is 3.95. The van der Waals surface area contributed by atoms with Gasteiger partial charge in [-0.25, -0.2) is 9.97 Å². The highest BCUT2D eigenvalue weighted by atomic mass is 16.3. The Hall–Kier alpha value is -3.86. The van der Waals surface area contributed by atoms with Crippen LogP contribution in [0.2, 0.25) is 0 Å². The summed E-state index contributed by atoms with van der Waals surface area (Å²) in [4.78, 5) is 9.54. The summed E-state index contributed by atoms with van der Waals surface area (Å²) in [5.74, 6) is 1.34. The molecule has 0 amide bonds. The Balaban J connectivity index is 1.77. The van der Waals surface area contributed by atoms with Crippen molar-refractivity contribution in [3.63, 3.8) is 0 Å². The number of fused-ring (bicyclic) bond motifs is 1. The van der Waals surface area contributed by atoms with Crippen LogP contribution in [0.4, 0.5) is 5.69 Å². The van der Waals surface area contributed by atoms with Gasteiger partial charge in [0.2, 0.25) is 5.89 Å². The molecule has 29 heavy (non-hydrogen) atoms. The first kappa shape index (κ1) is 17.3. The molecular weight excluding hydrogens is 360 g/mol.